The lowest BCUT2D eigenvalue weighted by Gasteiger charge is -2.19. The van der Waals surface area contributed by atoms with Crippen LogP contribution in [0.1, 0.15) is 41.0 Å². The van der Waals surface area contributed by atoms with E-state index in [0.717, 1.165) is 6.42 Å². The Morgan fingerprint density at radius 3 is 1.85 bits per heavy atom. The summed E-state index contributed by atoms with van der Waals surface area (Å²) >= 11 is 0. The van der Waals surface area contributed by atoms with Gasteiger partial charge in [0.2, 0.25) is 0 Å². The molecule has 0 rings (SSSR count). The van der Waals surface area contributed by atoms with Gasteiger partial charge >= 0.3 is 0 Å². The highest BCUT2D eigenvalue weighted by Gasteiger charge is 2.14. The van der Waals surface area contributed by atoms with E-state index >= 15 is 0 Å². The van der Waals surface area contributed by atoms with Crippen molar-refractivity contribution in [2.45, 2.75) is 41.0 Å². The van der Waals surface area contributed by atoms with Gasteiger partial charge in [-0.1, -0.05) is 20.8 Å². The Morgan fingerprint density at radius 1 is 1.08 bits per heavy atom. The highest BCUT2D eigenvalue weighted by atomic mass is 16.7. The summed E-state index contributed by atoms with van der Waals surface area (Å²) in [5.74, 6) is 0.664. The van der Waals surface area contributed by atoms with E-state index in [1.54, 1.807) is 0 Å². The zero-order chi connectivity index (χ0) is 10.3. The molecule has 78 valence electrons. The molecule has 0 bridgehead atoms. The van der Waals surface area contributed by atoms with Gasteiger partial charge < -0.3 is 9.47 Å². The normalized spacial score (nSPS) is 10.8. The third-order valence-corrected chi connectivity index (χ3v) is 1.99. The van der Waals surface area contributed by atoms with Crippen LogP contribution in [0.2, 0.25) is 0 Å². The molecule has 0 radical (unpaired) electrons. The fourth-order valence-electron chi connectivity index (χ4n) is 0.831. The first-order valence-corrected chi connectivity index (χ1v) is 5.04. The number of ether oxygens (including phenoxy) is 2. The van der Waals surface area contributed by atoms with E-state index in [4.69, 9.17) is 9.47 Å². The Bertz CT molecular complexity index is 151. The molecular formula is C11H22O2. The van der Waals surface area contributed by atoms with Crippen LogP contribution in [0.3, 0.4) is 0 Å². The fourth-order valence-corrected chi connectivity index (χ4v) is 0.831. The molecule has 0 aromatic carbocycles. The summed E-state index contributed by atoms with van der Waals surface area (Å²) < 4.78 is 10.7. The van der Waals surface area contributed by atoms with Crippen molar-refractivity contribution >= 4 is 0 Å². The van der Waals surface area contributed by atoms with E-state index < -0.39 is 0 Å². The molecule has 0 aliphatic heterocycles. The number of hydrogen-bond donors (Lipinski definition) is 0. The third kappa shape index (κ3) is 5.56. The van der Waals surface area contributed by atoms with Crippen LogP contribution >= 0.6 is 0 Å². The molecule has 0 spiro atoms. The standard InChI is InChI=1S/C11H22O2/c1-6-11(4,5)9-10(12-7-2)13-8-3/h9H,6-8H2,1-5H3. The first-order chi connectivity index (χ1) is 6.05. The maximum atomic E-state index is 5.36. The second-order valence-electron chi connectivity index (χ2n) is 3.67. The monoisotopic (exact) mass is 186 g/mol. The van der Waals surface area contributed by atoms with E-state index in [2.05, 4.69) is 26.8 Å². The van der Waals surface area contributed by atoms with Crippen LogP contribution < -0.4 is 0 Å². The minimum atomic E-state index is 0.152. The first-order valence-electron chi connectivity index (χ1n) is 5.04. The minimum absolute atomic E-state index is 0.152. The summed E-state index contributed by atoms with van der Waals surface area (Å²) in [6.07, 6.45) is 3.14. The topological polar surface area (TPSA) is 18.5 Å². The van der Waals surface area contributed by atoms with Gasteiger partial charge in [0, 0.05) is 6.08 Å². The van der Waals surface area contributed by atoms with E-state index in [9.17, 15) is 0 Å². The molecule has 2 nitrogen and oxygen atoms in total. The van der Waals surface area contributed by atoms with Crippen molar-refractivity contribution in [2.24, 2.45) is 5.41 Å². The molecule has 13 heavy (non-hydrogen) atoms. The van der Waals surface area contributed by atoms with Crippen LogP contribution in [-0.2, 0) is 9.47 Å². The molecule has 0 aromatic heterocycles. The Hall–Kier alpha value is -0.660. The largest absolute Gasteiger partial charge is 0.466 e. The average molecular weight is 186 g/mol. The second kappa shape index (κ2) is 5.90. The summed E-state index contributed by atoms with van der Waals surface area (Å²) in [6, 6.07) is 0. The van der Waals surface area contributed by atoms with Gasteiger partial charge in [0.15, 0.2) is 0 Å². The van der Waals surface area contributed by atoms with E-state index in [1.807, 2.05) is 13.8 Å². The van der Waals surface area contributed by atoms with Crippen LogP contribution in [0.5, 0.6) is 0 Å². The van der Waals surface area contributed by atoms with Crippen LogP contribution in [0, 0.1) is 5.41 Å². The molecular weight excluding hydrogens is 164 g/mol. The van der Waals surface area contributed by atoms with Gasteiger partial charge in [-0.15, -0.1) is 0 Å². The average Bonchev–Trinajstić information content (AvgIpc) is 2.05. The maximum Gasteiger partial charge on any atom is 0.275 e. The quantitative estimate of drug-likeness (QED) is 0.592. The Labute approximate surface area is 81.9 Å². The lowest BCUT2D eigenvalue weighted by atomic mass is 9.90. The molecule has 0 N–H and O–H groups in total. The molecule has 0 saturated carbocycles. The SMILES string of the molecule is CCOC(=CC(C)(C)CC)OCC. The first kappa shape index (κ1) is 12.3. The molecule has 0 atom stereocenters. The number of hydrogen-bond acceptors (Lipinski definition) is 2. The zero-order valence-corrected chi connectivity index (χ0v) is 9.52. The van der Waals surface area contributed by atoms with Gasteiger partial charge in [-0.3, -0.25) is 0 Å². The second-order valence-corrected chi connectivity index (χ2v) is 3.67. The fraction of sp³-hybridized carbons (Fsp3) is 0.818. The molecule has 0 unspecified atom stereocenters. The Kier molecular flexibility index (Phi) is 5.60. The van der Waals surface area contributed by atoms with Crippen molar-refractivity contribution in [2.75, 3.05) is 13.2 Å². The number of allylic oxidation sites excluding steroid dienone is 1. The predicted molar refractivity (Wildman–Crippen MR) is 55.4 cm³/mol. The minimum Gasteiger partial charge on any atom is -0.466 e. The summed E-state index contributed by atoms with van der Waals surface area (Å²) in [5.41, 5.74) is 0.152. The lowest BCUT2D eigenvalue weighted by molar-refractivity contribution is 0.0420. The highest BCUT2D eigenvalue weighted by molar-refractivity contribution is 4.95. The van der Waals surface area contributed by atoms with Gasteiger partial charge in [-0.05, 0) is 25.7 Å². The van der Waals surface area contributed by atoms with E-state index in [-0.39, 0.29) is 5.41 Å². The van der Waals surface area contributed by atoms with Crippen molar-refractivity contribution in [3.63, 3.8) is 0 Å². The van der Waals surface area contributed by atoms with Crippen LogP contribution in [0.25, 0.3) is 0 Å². The van der Waals surface area contributed by atoms with Crippen LogP contribution in [0.4, 0.5) is 0 Å². The summed E-state index contributed by atoms with van der Waals surface area (Å²) in [4.78, 5) is 0. The predicted octanol–water partition coefficient (Wildman–Crippen LogP) is 3.34. The van der Waals surface area contributed by atoms with Crippen molar-refractivity contribution in [3.05, 3.63) is 12.0 Å². The summed E-state index contributed by atoms with van der Waals surface area (Å²) in [7, 11) is 0. The lowest BCUT2D eigenvalue weighted by Crippen LogP contribution is -2.09. The van der Waals surface area contributed by atoms with Gasteiger partial charge in [-0.25, -0.2) is 0 Å². The van der Waals surface area contributed by atoms with Gasteiger partial charge in [0.05, 0.1) is 13.2 Å². The summed E-state index contributed by atoms with van der Waals surface area (Å²) in [5, 5.41) is 0. The molecule has 0 aliphatic rings. The molecule has 2 heteroatoms. The molecule has 0 amide bonds. The van der Waals surface area contributed by atoms with Crippen molar-refractivity contribution < 1.29 is 9.47 Å². The molecule has 0 saturated heterocycles. The highest BCUT2D eigenvalue weighted by Crippen LogP contribution is 2.23. The van der Waals surface area contributed by atoms with Gasteiger partial charge in [-0.2, -0.15) is 0 Å². The van der Waals surface area contributed by atoms with Gasteiger partial charge in [0.25, 0.3) is 5.95 Å². The van der Waals surface area contributed by atoms with Crippen LogP contribution in [0.15, 0.2) is 12.0 Å². The smallest absolute Gasteiger partial charge is 0.275 e. The van der Waals surface area contributed by atoms with Crippen molar-refractivity contribution in [3.8, 4) is 0 Å². The third-order valence-electron chi connectivity index (χ3n) is 1.99. The van der Waals surface area contributed by atoms with E-state index in [1.165, 1.54) is 0 Å². The summed E-state index contributed by atoms with van der Waals surface area (Å²) in [6.45, 7) is 11.7. The molecule has 0 aromatic rings. The van der Waals surface area contributed by atoms with E-state index in [0.29, 0.717) is 19.2 Å². The van der Waals surface area contributed by atoms with Crippen molar-refractivity contribution in [1.82, 2.24) is 0 Å². The Balaban J connectivity index is 4.32. The van der Waals surface area contributed by atoms with Crippen LogP contribution in [-0.4, -0.2) is 13.2 Å². The maximum absolute atomic E-state index is 5.36. The molecule has 0 aliphatic carbocycles. The number of rotatable bonds is 6. The zero-order valence-electron chi connectivity index (χ0n) is 9.52. The molecule has 0 fully saturated rings. The van der Waals surface area contributed by atoms with Gasteiger partial charge in [0.1, 0.15) is 0 Å². The van der Waals surface area contributed by atoms with Crippen molar-refractivity contribution in [1.29, 1.82) is 0 Å². The Morgan fingerprint density at radius 2 is 1.54 bits per heavy atom. The molecule has 0 heterocycles.